The van der Waals surface area contributed by atoms with Crippen molar-refractivity contribution in [2.24, 2.45) is 17.8 Å². The van der Waals surface area contributed by atoms with Crippen molar-refractivity contribution in [3.05, 3.63) is 5.92 Å². The van der Waals surface area contributed by atoms with Crippen LogP contribution >= 0.6 is 0 Å². The third kappa shape index (κ3) is 4.48. The van der Waals surface area contributed by atoms with E-state index >= 15 is 0 Å². The van der Waals surface area contributed by atoms with Gasteiger partial charge in [-0.1, -0.05) is 27.7 Å². The van der Waals surface area contributed by atoms with E-state index in [9.17, 15) is 9.59 Å². The summed E-state index contributed by atoms with van der Waals surface area (Å²) in [4.78, 5) is 28.4. The lowest BCUT2D eigenvalue weighted by molar-refractivity contribution is -0.136. The van der Waals surface area contributed by atoms with Crippen LogP contribution in [0.25, 0.3) is 0 Å². The third-order valence-electron chi connectivity index (χ3n) is 5.59. The van der Waals surface area contributed by atoms with Crippen LogP contribution in [0, 0.1) is 23.7 Å². The molecule has 2 fully saturated rings. The number of rotatable bonds is 4. The number of hydrogen-bond acceptors (Lipinski definition) is 2. The number of carbonyl (C=O) groups is 2. The van der Waals surface area contributed by atoms with E-state index in [2.05, 4.69) is 11.8 Å². The molecule has 0 bridgehead atoms. The molecule has 4 heteroatoms. The molecule has 2 saturated heterocycles. The fourth-order valence-electron chi connectivity index (χ4n) is 4.05. The predicted octanol–water partition coefficient (Wildman–Crippen LogP) is 3.12. The van der Waals surface area contributed by atoms with Crippen molar-refractivity contribution in [3.63, 3.8) is 0 Å². The monoisotopic (exact) mass is 321 g/mol. The first kappa shape index (κ1) is 18.3. The Morgan fingerprint density at radius 2 is 1.52 bits per heavy atom. The largest absolute Gasteiger partial charge is 0.342 e. The van der Waals surface area contributed by atoms with Gasteiger partial charge in [0, 0.05) is 38.5 Å². The Kier molecular flexibility index (Phi) is 6.49. The molecule has 4 nitrogen and oxygen atoms in total. The summed E-state index contributed by atoms with van der Waals surface area (Å²) in [5, 5.41) is 0. The highest BCUT2D eigenvalue weighted by atomic mass is 16.2. The van der Waals surface area contributed by atoms with Crippen molar-refractivity contribution in [2.45, 2.75) is 59.8 Å². The van der Waals surface area contributed by atoms with E-state index in [-0.39, 0.29) is 17.7 Å². The normalized spacial score (nSPS) is 26.0. The number of nitrogens with zero attached hydrogens (tertiary/aromatic N) is 2. The average molecular weight is 321 g/mol. The van der Waals surface area contributed by atoms with Gasteiger partial charge in [-0.25, -0.2) is 0 Å². The highest BCUT2D eigenvalue weighted by Crippen LogP contribution is 2.35. The Balaban J connectivity index is 1.95. The number of piperidine rings is 2. The van der Waals surface area contributed by atoms with Crippen LogP contribution in [0.3, 0.4) is 0 Å². The lowest BCUT2D eigenvalue weighted by Crippen LogP contribution is -2.46. The molecule has 0 aromatic carbocycles. The van der Waals surface area contributed by atoms with Gasteiger partial charge in [-0.05, 0) is 43.4 Å². The van der Waals surface area contributed by atoms with Gasteiger partial charge in [-0.3, -0.25) is 9.59 Å². The quantitative estimate of drug-likeness (QED) is 0.798. The number of amides is 2. The minimum atomic E-state index is 0.0846. The number of likely N-dealkylation sites (tertiary alicyclic amines) is 2. The van der Waals surface area contributed by atoms with Gasteiger partial charge >= 0.3 is 0 Å². The van der Waals surface area contributed by atoms with Gasteiger partial charge in [0.15, 0.2) is 0 Å². The van der Waals surface area contributed by atoms with E-state index in [1.807, 2.05) is 25.7 Å². The summed E-state index contributed by atoms with van der Waals surface area (Å²) in [6.45, 7) is 11.8. The topological polar surface area (TPSA) is 40.6 Å². The van der Waals surface area contributed by atoms with Crippen molar-refractivity contribution in [3.8, 4) is 0 Å². The van der Waals surface area contributed by atoms with Crippen molar-refractivity contribution in [1.82, 2.24) is 9.80 Å². The van der Waals surface area contributed by atoms with E-state index < -0.39 is 0 Å². The van der Waals surface area contributed by atoms with Crippen LogP contribution in [0.2, 0.25) is 0 Å². The second-order valence-corrected chi connectivity index (χ2v) is 7.55. The highest BCUT2D eigenvalue weighted by Gasteiger charge is 2.34. The zero-order valence-electron chi connectivity index (χ0n) is 15.3. The van der Waals surface area contributed by atoms with E-state index in [1.165, 1.54) is 18.8 Å². The maximum Gasteiger partial charge on any atom is 0.225 e. The van der Waals surface area contributed by atoms with E-state index in [0.29, 0.717) is 18.3 Å². The Hall–Kier alpha value is -1.06. The summed E-state index contributed by atoms with van der Waals surface area (Å²) in [6, 6.07) is 0. The minimum absolute atomic E-state index is 0.0846. The predicted molar refractivity (Wildman–Crippen MR) is 92.7 cm³/mol. The van der Waals surface area contributed by atoms with Gasteiger partial charge in [0.25, 0.3) is 0 Å². The zero-order chi connectivity index (χ0) is 17.0. The zero-order valence-corrected chi connectivity index (χ0v) is 15.3. The summed E-state index contributed by atoms with van der Waals surface area (Å²) in [7, 11) is 0. The van der Waals surface area contributed by atoms with E-state index in [0.717, 1.165) is 39.0 Å². The molecule has 2 rings (SSSR count). The maximum atomic E-state index is 12.3. The molecule has 2 heterocycles. The molecule has 2 atom stereocenters. The molecule has 2 aliphatic rings. The van der Waals surface area contributed by atoms with Crippen LogP contribution in [0.4, 0.5) is 0 Å². The summed E-state index contributed by atoms with van der Waals surface area (Å²) in [5.41, 5.74) is 0. The molecule has 0 aromatic heterocycles. The fourth-order valence-corrected chi connectivity index (χ4v) is 4.05. The van der Waals surface area contributed by atoms with Crippen LogP contribution in [0.1, 0.15) is 59.8 Å². The maximum absolute atomic E-state index is 12.3. The van der Waals surface area contributed by atoms with Crippen molar-refractivity contribution in [2.75, 3.05) is 26.2 Å². The summed E-state index contributed by atoms with van der Waals surface area (Å²) < 4.78 is 0. The Labute approximate surface area is 141 Å². The third-order valence-corrected chi connectivity index (χ3v) is 5.59. The standard InChI is InChI=1S/C19H33N2O2/c1-5-18(22)20-10-6-8-16(12-20)15(4)17-9-7-11-21(13-17)19(23)14(2)3/h14,16-17H,5-13H2,1-4H3. The van der Waals surface area contributed by atoms with Crippen molar-refractivity contribution < 1.29 is 9.59 Å². The van der Waals surface area contributed by atoms with Crippen LogP contribution < -0.4 is 0 Å². The molecule has 0 aliphatic carbocycles. The molecule has 0 saturated carbocycles. The summed E-state index contributed by atoms with van der Waals surface area (Å²) in [6.07, 6.45) is 5.19. The molecule has 1 radical (unpaired) electrons. The molecular weight excluding hydrogens is 288 g/mol. The smallest absolute Gasteiger partial charge is 0.225 e. The van der Waals surface area contributed by atoms with Crippen LogP contribution in [-0.4, -0.2) is 47.8 Å². The molecular formula is C19H33N2O2. The second kappa shape index (κ2) is 8.16. The Bertz CT molecular complexity index is 422. The second-order valence-electron chi connectivity index (χ2n) is 7.55. The Morgan fingerprint density at radius 3 is 2.04 bits per heavy atom. The average Bonchev–Trinajstić information content (AvgIpc) is 2.59. The van der Waals surface area contributed by atoms with Gasteiger partial charge in [0.1, 0.15) is 0 Å². The first-order chi connectivity index (χ1) is 10.9. The number of carbonyl (C=O) groups excluding carboxylic acids is 2. The van der Waals surface area contributed by atoms with Crippen LogP contribution in [0.5, 0.6) is 0 Å². The van der Waals surface area contributed by atoms with Crippen LogP contribution in [-0.2, 0) is 9.59 Å². The molecule has 2 amide bonds. The lowest BCUT2D eigenvalue weighted by Gasteiger charge is -2.42. The summed E-state index contributed by atoms with van der Waals surface area (Å²) >= 11 is 0. The van der Waals surface area contributed by atoms with Gasteiger partial charge < -0.3 is 9.80 Å². The highest BCUT2D eigenvalue weighted by molar-refractivity contribution is 5.78. The molecule has 0 aromatic rings. The molecule has 23 heavy (non-hydrogen) atoms. The van der Waals surface area contributed by atoms with E-state index in [4.69, 9.17) is 0 Å². The van der Waals surface area contributed by atoms with E-state index in [1.54, 1.807) is 0 Å². The molecule has 2 unspecified atom stereocenters. The first-order valence-electron chi connectivity index (χ1n) is 9.33. The van der Waals surface area contributed by atoms with Gasteiger partial charge in [0.05, 0.1) is 0 Å². The Morgan fingerprint density at radius 1 is 1.00 bits per heavy atom. The SMILES string of the molecule is CCC(=O)N1CCCC([C](C)C2CCCN(C(=O)C(C)C)C2)C1. The van der Waals surface area contributed by atoms with Crippen molar-refractivity contribution >= 4 is 11.8 Å². The fraction of sp³-hybridized carbons (Fsp3) is 0.842. The van der Waals surface area contributed by atoms with Gasteiger partial charge in [0.2, 0.25) is 11.8 Å². The first-order valence-corrected chi connectivity index (χ1v) is 9.33. The molecule has 131 valence electrons. The molecule has 2 aliphatic heterocycles. The summed E-state index contributed by atoms with van der Waals surface area (Å²) in [5.74, 6) is 3.18. The number of hydrogen-bond donors (Lipinski definition) is 0. The van der Waals surface area contributed by atoms with Crippen molar-refractivity contribution in [1.29, 1.82) is 0 Å². The van der Waals surface area contributed by atoms with Gasteiger partial charge in [-0.15, -0.1) is 0 Å². The lowest BCUT2D eigenvalue weighted by atomic mass is 9.75. The minimum Gasteiger partial charge on any atom is -0.342 e. The van der Waals surface area contributed by atoms with Gasteiger partial charge in [-0.2, -0.15) is 0 Å². The van der Waals surface area contributed by atoms with Crippen LogP contribution in [0.15, 0.2) is 0 Å². The molecule has 0 spiro atoms. The molecule has 0 N–H and O–H groups in total.